The Labute approximate surface area is 304 Å². The normalized spacial score (nSPS) is 11.8. The van der Waals surface area contributed by atoms with Crippen LogP contribution in [0.15, 0.2) is 176 Å². The number of para-hydroxylation sites is 6. The number of pyridine rings is 1. The highest BCUT2D eigenvalue weighted by molar-refractivity contribution is 6.12. The number of fused-ring (bicyclic) bond motifs is 9. The molecule has 11 aromatic rings. The lowest BCUT2D eigenvalue weighted by atomic mass is 10.0. The molecule has 7 aromatic carbocycles. The summed E-state index contributed by atoms with van der Waals surface area (Å²) in [5.41, 5.74) is 9.95. The van der Waals surface area contributed by atoms with Gasteiger partial charge in [0.2, 0.25) is 0 Å². The van der Waals surface area contributed by atoms with Gasteiger partial charge in [-0.15, -0.1) is 0 Å². The van der Waals surface area contributed by atoms with Crippen molar-refractivity contribution in [1.29, 1.82) is 5.26 Å². The molecule has 0 bridgehead atoms. The average Bonchev–Trinajstić information content (AvgIpc) is 3.86. The Morgan fingerprint density at radius 2 is 0.774 bits per heavy atom. The fourth-order valence-electron chi connectivity index (χ4n) is 8.46. The van der Waals surface area contributed by atoms with Crippen molar-refractivity contribution in [3.8, 4) is 34.5 Å². The van der Waals surface area contributed by atoms with Crippen LogP contribution in [0.4, 0.5) is 0 Å². The third-order valence-electron chi connectivity index (χ3n) is 10.7. The summed E-state index contributed by atoms with van der Waals surface area (Å²) in [6.45, 7) is 0. The number of aromatic nitrogens is 4. The lowest BCUT2D eigenvalue weighted by Crippen LogP contribution is -2.07. The molecule has 0 N–H and O–H groups in total. The van der Waals surface area contributed by atoms with Crippen molar-refractivity contribution in [2.24, 2.45) is 0 Å². The molecule has 4 aromatic heterocycles. The Morgan fingerprint density at radius 3 is 1.21 bits per heavy atom. The predicted octanol–water partition coefficient (Wildman–Crippen LogP) is 11.9. The highest BCUT2D eigenvalue weighted by atomic mass is 15.1. The van der Waals surface area contributed by atoms with Crippen LogP contribution in [0.3, 0.4) is 0 Å². The first-order valence-corrected chi connectivity index (χ1v) is 17.8. The first-order valence-electron chi connectivity index (χ1n) is 17.8. The zero-order valence-corrected chi connectivity index (χ0v) is 28.5. The van der Waals surface area contributed by atoms with Gasteiger partial charge in [0.25, 0.3) is 0 Å². The van der Waals surface area contributed by atoms with Gasteiger partial charge in [-0.05, 0) is 66.7 Å². The van der Waals surface area contributed by atoms with Gasteiger partial charge in [0.05, 0.1) is 50.4 Å². The number of nitriles is 1. The van der Waals surface area contributed by atoms with Crippen molar-refractivity contribution in [3.05, 3.63) is 181 Å². The second-order valence-electron chi connectivity index (χ2n) is 13.5. The summed E-state index contributed by atoms with van der Waals surface area (Å²) in [4.78, 5) is 5.67. The van der Waals surface area contributed by atoms with Gasteiger partial charge in [0.1, 0.15) is 11.6 Å². The second kappa shape index (κ2) is 11.3. The number of benzene rings is 7. The quantitative estimate of drug-likeness (QED) is 0.186. The molecular weight excluding hydrogens is 647 g/mol. The molecule has 0 aliphatic rings. The van der Waals surface area contributed by atoms with Crippen molar-refractivity contribution in [2.45, 2.75) is 0 Å². The van der Waals surface area contributed by atoms with Crippen LogP contribution >= 0.6 is 0 Å². The molecule has 0 aliphatic carbocycles. The van der Waals surface area contributed by atoms with Crippen LogP contribution in [0.25, 0.3) is 93.9 Å². The van der Waals surface area contributed by atoms with Crippen LogP contribution in [0.1, 0.15) is 5.56 Å². The summed E-state index contributed by atoms with van der Waals surface area (Å²) < 4.78 is 6.90. The van der Waals surface area contributed by atoms with Crippen molar-refractivity contribution >= 4 is 65.4 Å². The largest absolute Gasteiger partial charge is 0.309 e. The molecule has 0 radical (unpaired) electrons. The van der Waals surface area contributed by atoms with Crippen LogP contribution in [0.2, 0.25) is 0 Å². The maximum atomic E-state index is 10.3. The average molecular weight is 676 g/mol. The molecule has 0 unspecified atom stereocenters. The lowest BCUT2D eigenvalue weighted by Gasteiger charge is -2.19. The Hall–Kier alpha value is -7.42. The Bertz CT molecular complexity index is 3150. The van der Waals surface area contributed by atoms with Crippen LogP contribution < -0.4 is 0 Å². The van der Waals surface area contributed by atoms with Crippen LogP contribution in [-0.4, -0.2) is 18.7 Å². The van der Waals surface area contributed by atoms with E-state index >= 15 is 0 Å². The third-order valence-corrected chi connectivity index (χ3v) is 10.7. The second-order valence-corrected chi connectivity index (χ2v) is 13.5. The minimum absolute atomic E-state index is 0.587. The summed E-state index contributed by atoms with van der Waals surface area (Å²) >= 11 is 0. The summed E-state index contributed by atoms with van der Waals surface area (Å²) in [5, 5.41) is 17.3. The van der Waals surface area contributed by atoms with Crippen LogP contribution in [-0.2, 0) is 0 Å². The molecule has 0 aliphatic heterocycles. The van der Waals surface area contributed by atoms with E-state index in [4.69, 9.17) is 4.98 Å². The van der Waals surface area contributed by atoms with E-state index in [-0.39, 0.29) is 0 Å². The van der Waals surface area contributed by atoms with Gasteiger partial charge < -0.3 is 4.57 Å². The predicted molar refractivity (Wildman–Crippen MR) is 217 cm³/mol. The SMILES string of the molecule is N#Cc1ccc(-n2c3ccccc3c3ccccc32)c(-c2ccc(-n3c4ccccc4c4ccccc43)nc2-n2c3ccccc3c3ccccc32)c1. The maximum absolute atomic E-state index is 10.3. The highest BCUT2D eigenvalue weighted by Crippen LogP contribution is 2.41. The summed E-state index contributed by atoms with van der Waals surface area (Å²) in [5.74, 6) is 1.61. The number of nitrogens with zero attached hydrogens (tertiary/aromatic N) is 5. The first-order chi connectivity index (χ1) is 26.3. The molecule has 5 heteroatoms. The standard InChI is InChI=1S/C48H29N5/c49-30-31-25-27-46(51-40-19-7-1-13-32(40)33-14-2-8-20-41(33)51)39(29-31)38-26-28-47(52-42-21-9-3-15-34(42)35-16-4-10-22-43(35)52)50-48(38)53-44-23-11-5-17-36(44)37-18-6-12-24-45(37)53/h1-29H. The van der Waals surface area contributed by atoms with Gasteiger partial charge in [-0.2, -0.15) is 5.26 Å². The van der Waals surface area contributed by atoms with E-state index in [1.165, 1.54) is 21.5 Å². The zero-order valence-electron chi connectivity index (χ0n) is 28.5. The van der Waals surface area contributed by atoms with Gasteiger partial charge >= 0.3 is 0 Å². The lowest BCUT2D eigenvalue weighted by molar-refractivity contribution is 1.01. The van der Waals surface area contributed by atoms with Crippen molar-refractivity contribution in [2.75, 3.05) is 0 Å². The number of rotatable bonds is 4. The molecule has 0 atom stereocenters. The van der Waals surface area contributed by atoms with Gasteiger partial charge in [-0.1, -0.05) is 109 Å². The van der Waals surface area contributed by atoms with Crippen LogP contribution in [0.5, 0.6) is 0 Å². The molecule has 11 rings (SSSR count). The summed E-state index contributed by atoms with van der Waals surface area (Å²) in [6, 6.07) is 64.0. The number of hydrogen-bond acceptors (Lipinski definition) is 2. The van der Waals surface area contributed by atoms with Crippen molar-refractivity contribution in [1.82, 2.24) is 18.7 Å². The van der Waals surface area contributed by atoms with Gasteiger partial charge in [0, 0.05) is 43.4 Å². The minimum Gasteiger partial charge on any atom is -0.309 e. The molecule has 0 fully saturated rings. The van der Waals surface area contributed by atoms with E-state index in [1.807, 2.05) is 12.1 Å². The van der Waals surface area contributed by atoms with E-state index in [9.17, 15) is 5.26 Å². The molecule has 246 valence electrons. The summed E-state index contributed by atoms with van der Waals surface area (Å²) in [7, 11) is 0. The zero-order chi connectivity index (χ0) is 35.0. The molecule has 4 heterocycles. The monoisotopic (exact) mass is 675 g/mol. The third kappa shape index (κ3) is 4.21. The fraction of sp³-hybridized carbons (Fsp3) is 0. The number of hydrogen-bond donors (Lipinski definition) is 0. The van der Waals surface area contributed by atoms with E-state index in [1.54, 1.807) is 0 Å². The van der Waals surface area contributed by atoms with E-state index < -0.39 is 0 Å². The Morgan fingerprint density at radius 1 is 0.377 bits per heavy atom. The molecule has 5 nitrogen and oxygen atoms in total. The molecule has 0 spiro atoms. The maximum Gasteiger partial charge on any atom is 0.148 e. The molecule has 0 saturated heterocycles. The Kier molecular flexibility index (Phi) is 6.25. The molecule has 0 amide bonds. The fourth-order valence-corrected chi connectivity index (χ4v) is 8.46. The Balaban J connectivity index is 1.29. The van der Waals surface area contributed by atoms with Crippen molar-refractivity contribution in [3.63, 3.8) is 0 Å². The van der Waals surface area contributed by atoms with E-state index in [0.29, 0.717) is 5.56 Å². The topological polar surface area (TPSA) is 51.5 Å². The molecular formula is C48H29N5. The van der Waals surface area contributed by atoms with Gasteiger partial charge in [-0.3, -0.25) is 9.13 Å². The molecule has 0 saturated carbocycles. The van der Waals surface area contributed by atoms with Gasteiger partial charge in [0.15, 0.2) is 0 Å². The molecule has 53 heavy (non-hydrogen) atoms. The smallest absolute Gasteiger partial charge is 0.148 e. The van der Waals surface area contributed by atoms with Crippen molar-refractivity contribution < 1.29 is 0 Å². The van der Waals surface area contributed by atoms with Gasteiger partial charge in [-0.25, -0.2) is 4.98 Å². The van der Waals surface area contributed by atoms with Crippen LogP contribution in [0, 0.1) is 11.3 Å². The summed E-state index contributed by atoms with van der Waals surface area (Å²) in [6.07, 6.45) is 0. The van der Waals surface area contributed by atoms with E-state index in [2.05, 4.69) is 184 Å². The first kappa shape index (κ1) is 29.3. The minimum atomic E-state index is 0.587. The highest BCUT2D eigenvalue weighted by Gasteiger charge is 2.23. The van der Waals surface area contributed by atoms with E-state index in [0.717, 1.165) is 72.3 Å².